The highest BCUT2D eigenvalue weighted by Crippen LogP contribution is 2.12. The van der Waals surface area contributed by atoms with Crippen LogP contribution in [0.15, 0.2) is 0 Å². The molecule has 2 N–H and O–H groups in total. The Morgan fingerprint density at radius 3 is 2.60 bits per heavy atom. The molecule has 0 aromatic carbocycles. The summed E-state index contributed by atoms with van der Waals surface area (Å²) in [5.74, 6) is 0. The lowest BCUT2D eigenvalue weighted by Crippen LogP contribution is -2.59. The van der Waals surface area contributed by atoms with Crippen molar-refractivity contribution < 1.29 is 8.42 Å². The van der Waals surface area contributed by atoms with Crippen molar-refractivity contribution in [3.8, 4) is 0 Å². The smallest absolute Gasteiger partial charge is 0.279 e. The maximum absolute atomic E-state index is 11.7. The molecule has 1 fully saturated rings. The number of nitrogens with zero attached hydrogens (tertiary/aromatic N) is 1. The molecule has 7 heteroatoms. The fourth-order valence-electron chi connectivity index (χ4n) is 1.63. The zero-order valence-electron chi connectivity index (χ0n) is 9.36. The second-order valence-corrected chi connectivity index (χ2v) is 5.30. The third kappa shape index (κ3) is 3.57. The summed E-state index contributed by atoms with van der Waals surface area (Å²) in [6.45, 7) is 7.40. The van der Waals surface area contributed by atoms with E-state index in [-0.39, 0.29) is 24.5 Å². The normalized spacial score (nSPS) is 28.5. The summed E-state index contributed by atoms with van der Waals surface area (Å²) in [5, 5.41) is 3.24. The van der Waals surface area contributed by atoms with Gasteiger partial charge in [0.15, 0.2) is 0 Å². The van der Waals surface area contributed by atoms with E-state index in [0.717, 1.165) is 6.54 Å². The number of nitrogens with one attached hydrogen (secondary N) is 2. The summed E-state index contributed by atoms with van der Waals surface area (Å²) in [6.07, 6.45) is 0. The van der Waals surface area contributed by atoms with E-state index in [0.29, 0.717) is 13.1 Å². The average molecular weight is 258 g/mol. The molecule has 5 nitrogen and oxygen atoms in total. The van der Waals surface area contributed by atoms with E-state index >= 15 is 0 Å². The van der Waals surface area contributed by atoms with Crippen LogP contribution in [0.25, 0.3) is 0 Å². The van der Waals surface area contributed by atoms with Gasteiger partial charge < -0.3 is 5.32 Å². The van der Waals surface area contributed by atoms with Gasteiger partial charge in [-0.3, -0.25) is 0 Å². The van der Waals surface area contributed by atoms with Crippen LogP contribution in [-0.2, 0) is 10.2 Å². The summed E-state index contributed by atoms with van der Waals surface area (Å²) >= 11 is 0. The van der Waals surface area contributed by atoms with E-state index < -0.39 is 10.2 Å². The third-order valence-electron chi connectivity index (χ3n) is 2.61. The van der Waals surface area contributed by atoms with Crippen molar-refractivity contribution in [3.05, 3.63) is 0 Å². The summed E-state index contributed by atoms with van der Waals surface area (Å²) in [4.78, 5) is 0. The number of halogens is 1. The van der Waals surface area contributed by atoms with Crippen LogP contribution in [0.1, 0.15) is 20.8 Å². The van der Waals surface area contributed by atoms with E-state index in [2.05, 4.69) is 10.0 Å². The standard InChI is InChI=1S/C8H19N3O2S.ClH/c1-4-10-14(12,13)11-6-5-9-7(2)8(11)3;/h7-10H,4-6H2,1-3H3;1H. The lowest BCUT2D eigenvalue weighted by molar-refractivity contribution is 0.230. The summed E-state index contributed by atoms with van der Waals surface area (Å²) in [5.41, 5.74) is 0. The minimum absolute atomic E-state index is 0. The minimum Gasteiger partial charge on any atom is -0.311 e. The van der Waals surface area contributed by atoms with Gasteiger partial charge in [0.25, 0.3) is 10.2 Å². The molecule has 2 atom stereocenters. The second-order valence-electron chi connectivity index (χ2n) is 3.60. The molecule has 1 rings (SSSR count). The molecular weight excluding hydrogens is 238 g/mol. The third-order valence-corrected chi connectivity index (χ3v) is 4.40. The van der Waals surface area contributed by atoms with Gasteiger partial charge >= 0.3 is 0 Å². The Morgan fingerprint density at radius 1 is 1.47 bits per heavy atom. The van der Waals surface area contributed by atoms with Gasteiger partial charge in [0.05, 0.1) is 0 Å². The number of piperazine rings is 1. The maximum Gasteiger partial charge on any atom is 0.279 e. The Balaban J connectivity index is 0.00000196. The summed E-state index contributed by atoms with van der Waals surface area (Å²) in [7, 11) is -3.27. The first-order valence-corrected chi connectivity index (χ1v) is 6.43. The zero-order chi connectivity index (χ0) is 10.8. The fourth-order valence-corrected chi connectivity index (χ4v) is 3.11. The Hall–Kier alpha value is 0.120. The Morgan fingerprint density at radius 2 is 2.07 bits per heavy atom. The lowest BCUT2D eigenvalue weighted by atomic mass is 10.1. The van der Waals surface area contributed by atoms with Crippen LogP contribution in [-0.4, -0.2) is 44.4 Å². The highest BCUT2D eigenvalue weighted by atomic mass is 35.5. The molecule has 0 amide bonds. The maximum atomic E-state index is 11.7. The first-order valence-electron chi connectivity index (χ1n) is 4.99. The van der Waals surface area contributed by atoms with Gasteiger partial charge in [-0.05, 0) is 13.8 Å². The first-order chi connectivity index (χ1) is 6.49. The SMILES string of the molecule is CCNS(=O)(=O)N1CCNC(C)C1C.Cl. The zero-order valence-corrected chi connectivity index (χ0v) is 11.0. The molecular formula is C8H20ClN3O2S. The van der Waals surface area contributed by atoms with Crippen molar-refractivity contribution in [1.29, 1.82) is 0 Å². The van der Waals surface area contributed by atoms with E-state index in [4.69, 9.17) is 0 Å². The molecule has 0 aromatic heterocycles. The van der Waals surface area contributed by atoms with Gasteiger partial charge in [-0.2, -0.15) is 12.7 Å². The van der Waals surface area contributed by atoms with Crippen LogP contribution in [0, 0.1) is 0 Å². The first kappa shape index (κ1) is 15.1. The van der Waals surface area contributed by atoms with Crippen LogP contribution in [0.3, 0.4) is 0 Å². The van der Waals surface area contributed by atoms with Crippen molar-refractivity contribution in [2.75, 3.05) is 19.6 Å². The molecule has 0 radical (unpaired) electrons. The van der Waals surface area contributed by atoms with Crippen LogP contribution in [0.5, 0.6) is 0 Å². The monoisotopic (exact) mass is 257 g/mol. The van der Waals surface area contributed by atoms with E-state index in [9.17, 15) is 8.42 Å². The lowest BCUT2D eigenvalue weighted by Gasteiger charge is -2.37. The summed E-state index contributed by atoms with van der Waals surface area (Å²) in [6, 6.07) is 0.213. The van der Waals surface area contributed by atoms with Gasteiger partial charge in [-0.15, -0.1) is 12.4 Å². The second kappa shape index (κ2) is 6.00. The van der Waals surface area contributed by atoms with Crippen LogP contribution < -0.4 is 10.0 Å². The number of hydrogen-bond donors (Lipinski definition) is 2. The van der Waals surface area contributed by atoms with Gasteiger partial charge in [-0.25, -0.2) is 4.72 Å². The highest BCUT2D eigenvalue weighted by molar-refractivity contribution is 7.87. The van der Waals surface area contributed by atoms with Crippen LogP contribution >= 0.6 is 12.4 Å². The molecule has 0 bridgehead atoms. The fraction of sp³-hybridized carbons (Fsp3) is 1.00. The minimum atomic E-state index is -3.27. The molecule has 1 saturated heterocycles. The molecule has 1 heterocycles. The quantitative estimate of drug-likeness (QED) is 0.745. The number of hydrogen-bond acceptors (Lipinski definition) is 3. The van der Waals surface area contributed by atoms with Gasteiger partial charge in [0.2, 0.25) is 0 Å². The van der Waals surface area contributed by atoms with Crippen LogP contribution in [0.4, 0.5) is 0 Å². The van der Waals surface area contributed by atoms with Crippen LogP contribution in [0.2, 0.25) is 0 Å². The molecule has 15 heavy (non-hydrogen) atoms. The van der Waals surface area contributed by atoms with Gasteiger partial charge in [0, 0.05) is 31.7 Å². The molecule has 0 saturated carbocycles. The molecule has 2 unspecified atom stereocenters. The molecule has 1 aliphatic rings. The Labute approximate surface area is 98.2 Å². The number of rotatable bonds is 3. The van der Waals surface area contributed by atoms with Crippen molar-refractivity contribution in [2.24, 2.45) is 0 Å². The topological polar surface area (TPSA) is 61.4 Å². The average Bonchev–Trinajstić information content (AvgIpc) is 2.09. The summed E-state index contributed by atoms with van der Waals surface area (Å²) < 4.78 is 27.5. The van der Waals surface area contributed by atoms with E-state index in [1.807, 2.05) is 13.8 Å². The van der Waals surface area contributed by atoms with E-state index in [1.165, 1.54) is 4.31 Å². The predicted octanol–water partition coefficient (Wildman–Crippen LogP) is -0.0553. The van der Waals surface area contributed by atoms with Gasteiger partial charge in [0.1, 0.15) is 0 Å². The van der Waals surface area contributed by atoms with Crippen molar-refractivity contribution in [2.45, 2.75) is 32.9 Å². The van der Waals surface area contributed by atoms with Crippen molar-refractivity contribution in [1.82, 2.24) is 14.3 Å². The van der Waals surface area contributed by atoms with Gasteiger partial charge in [-0.1, -0.05) is 6.92 Å². The van der Waals surface area contributed by atoms with E-state index in [1.54, 1.807) is 6.92 Å². The molecule has 1 aliphatic heterocycles. The molecule has 0 spiro atoms. The molecule has 0 aliphatic carbocycles. The molecule has 92 valence electrons. The Kier molecular flexibility index (Phi) is 6.05. The van der Waals surface area contributed by atoms with Crippen molar-refractivity contribution in [3.63, 3.8) is 0 Å². The molecule has 0 aromatic rings. The largest absolute Gasteiger partial charge is 0.311 e. The predicted molar refractivity (Wildman–Crippen MR) is 63.5 cm³/mol. The Bertz CT molecular complexity index is 284. The van der Waals surface area contributed by atoms with Crippen molar-refractivity contribution >= 4 is 22.6 Å². The highest BCUT2D eigenvalue weighted by Gasteiger charge is 2.32.